The molecule has 0 saturated heterocycles. The number of nitrogens with zero attached hydrogens (tertiary/aromatic N) is 2. The fourth-order valence-corrected chi connectivity index (χ4v) is 4.17. The lowest BCUT2D eigenvalue weighted by molar-refractivity contribution is -0.121. The first-order chi connectivity index (χ1) is 13.6. The lowest BCUT2D eigenvalue weighted by Crippen LogP contribution is -2.34. The quantitative estimate of drug-likeness (QED) is 0.680. The van der Waals surface area contributed by atoms with Crippen molar-refractivity contribution in [3.8, 4) is 0 Å². The summed E-state index contributed by atoms with van der Waals surface area (Å²) in [5.74, 6) is -0.132. The summed E-state index contributed by atoms with van der Waals surface area (Å²) >= 11 is 1.29. The van der Waals surface area contributed by atoms with E-state index < -0.39 is 0 Å². The number of aromatic nitrogens is 2. The molecule has 0 radical (unpaired) electrons. The SMILES string of the molecule is Cc1ccc(NC(=O)c2nnc(CCCC(=O)NC3CCCCCC3)s2)cc1. The summed E-state index contributed by atoms with van der Waals surface area (Å²) in [6.07, 6.45) is 9.04. The predicted molar refractivity (Wildman–Crippen MR) is 112 cm³/mol. The molecule has 0 atom stereocenters. The number of nitrogens with one attached hydrogen (secondary N) is 2. The Kier molecular flexibility index (Phi) is 7.54. The van der Waals surface area contributed by atoms with Crippen molar-refractivity contribution in [2.24, 2.45) is 0 Å². The maximum atomic E-state index is 12.3. The van der Waals surface area contributed by atoms with Gasteiger partial charge in [0.25, 0.3) is 5.91 Å². The molecule has 1 saturated carbocycles. The number of amides is 2. The summed E-state index contributed by atoms with van der Waals surface area (Å²) in [4.78, 5) is 24.4. The van der Waals surface area contributed by atoms with E-state index in [9.17, 15) is 9.59 Å². The largest absolute Gasteiger partial charge is 0.353 e. The fraction of sp³-hybridized carbons (Fsp3) is 0.524. The van der Waals surface area contributed by atoms with Gasteiger partial charge in [-0.15, -0.1) is 10.2 Å². The van der Waals surface area contributed by atoms with Crippen LogP contribution in [0.1, 0.15) is 71.7 Å². The van der Waals surface area contributed by atoms with Crippen molar-refractivity contribution < 1.29 is 9.59 Å². The van der Waals surface area contributed by atoms with E-state index in [4.69, 9.17) is 0 Å². The molecular formula is C21H28N4O2S. The van der Waals surface area contributed by atoms with Crippen LogP contribution in [0.25, 0.3) is 0 Å². The molecule has 0 spiro atoms. The summed E-state index contributed by atoms with van der Waals surface area (Å²) in [5.41, 5.74) is 1.88. The first-order valence-electron chi connectivity index (χ1n) is 10.1. The number of hydrogen-bond donors (Lipinski definition) is 2. The monoisotopic (exact) mass is 400 g/mol. The van der Waals surface area contributed by atoms with Crippen LogP contribution in [0.4, 0.5) is 5.69 Å². The Morgan fingerprint density at radius 2 is 1.79 bits per heavy atom. The van der Waals surface area contributed by atoms with Crippen LogP contribution in [0.15, 0.2) is 24.3 Å². The van der Waals surface area contributed by atoms with Crippen molar-refractivity contribution in [1.82, 2.24) is 15.5 Å². The van der Waals surface area contributed by atoms with Gasteiger partial charge in [0.15, 0.2) is 0 Å². The average molecular weight is 401 g/mol. The maximum absolute atomic E-state index is 12.3. The van der Waals surface area contributed by atoms with Crippen LogP contribution in [0.2, 0.25) is 0 Å². The molecule has 7 heteroatoms. The molecule has 0 unspecified atom stereocenters. The minimum atomic E-state index is -0.251. The zero-order valence-electron chi connectivity index (χ0n) is 16.4. The molecule has 1 aliphatic rings. The first-order valence-corrected chi connectivity index (χ1v) is 10.9. The molecule has 1 aromatic heterocycles. The molecule has 2 N–H and O–H groups in total. The van der Waals surface area contributed by atoms with Gasteiger partial charge < -0.3 is 10.6 Å². The molecule has 28 heavy (non-hydrogen) atoms. The smallest absolute Gasteiger partial charge is 0.286 e. The Morgan fingerprint density at radius 3 is 2.50 bits per heavy atom. The Balaban J connectivity index is 1.40. The van der Waals surface area contributed by atoms with Gasteiger partial charge in [-0.2, -0.15) is 0 Å². The van der Waals surface area contributed by atoms with E-state index in [0.29, 0.717) is 30.3 Å². The van der Waals surface area contributed by atoms with Gasteiger partial charge in [0.05, 0.1) is 0 Å². The standard InChI is InChI=1S/C21H28N4O2S/c1-15-11-13-17(14-12-15)23-20(27)21-25-24-19(28-21)10-6-9-18(26)22-16-7-4-2-3-5-8-16/h11-14,16H,2-10H2,1H3,(H,22,26)(H,23,27). The second-order valence-corrected chi connectivity index (χ2v) is 8.49. The predicted octanol–water partition coefficient (Wildman–Crippen LogP) is 4.26. The number of rotatable bonds is 7. The molecule has 1 aromatic carbocycles. The van der Waals surface area contributed by atoms with Gasteiger partial charge in [0, 0.05) is 24.6 Å². The Morgan fingerprint density at radius 1 is 1.07 bits per heavy atom. The van der Waals surface area contributed by atoms with E-state index in [2.05, 4.69) is 20.8 Å². The van der Waals surface area contributed by atoms with Crippen LogP contribution in [0.3, 0.4) is 0 Å². The molecule has 0 bridgehead atoms. The van der Waals surface area contributed by atoms with Crippen molar-refractivity contribution >= 4 is 28.8 Å². The van der Waals surface area contributed by atoms with E-state index in [1.165, 1.54) is 37.0 Å². The highest BCUT2D eigenvalue weighted by atomic mass is 32.1. The number of carbonyl (C=O) groups is 2. The third-order valence-corrected chi connectivity index (χ3v) is 5.97. The summed E-state index contributed by atoms with van der Waals surface area (Å²) in [6.45, 7) is 2.00. The van der Waals surface area contributed by atoms with Crippen LogP contribution in [0, 0.1) is 6.92 Å². The van der Waals surface area contributed by atoms with Gasteiger partial charge in [0.1, 0.15) is 5.01 Å². The van der Waals surface area contributed by atoms with Gasteiger partial charge in [-0.1, -0.05) is 54.7 Å². The number of carbonyl (C=O) groups excluding carboxylic acids is 2. The summed E-state index contributed by atoms with van der Waals surface area (Å²) < 4.78 is 0. The van der Waals surface area contributed by atoms with E-state index in [1.54, 1.807) is 0 Å². The molecule has 150 valence electrons. The van der Waals surface area contributed by atoms with Crippen molar-refractivity contribution in [3.05, 3.63) is 39.8 Å². The summed E-state index contributed by atoms with van der Waals surface area (Å²) in [6, 6.07) is 7.96. The second kappa shape index (κ2) is 10.3. The lowest BCUT2D eigenvalue weighted by atomic mass is 10.1. The van der Waals surface area contributed by atoms with Gasteiger partial charge in [-0.05, 0) is 38.3 Å². The molecule has 0 aliphatic heterocycles. The highest BCUT2D eigenvalue weighted by molar-refractivity contribution is 7.13. The summed E-state index contributed by atoms with van der Waals surface area (Å²) in [7, 11) is 0. The van der Waals surface area contributed by atoms with Crippen LogP contribution >= 0.6 is 11.3 Å². The van der Waals surface area contributed by atoms with Crippen molar-refractivity contribution in [1.29, 1.82) is 0 Å². The van der Waals surface area contributed by atoms with E-state index in [0.717, 1.165) is 29.1 Å². The molecule has 3 rings (SSSR count). The average Bonchev–Trinajstić information content (AvgIpc) is 3.00. The van der Waals surface area contributed by atoms with Gasteiger partial charge in [-0.25, -0.2) is 0 Å². The van der Waals surface area contributed by atoms with Crippen LogP contribution in [-0.2, 0) is 11.2 Å². The Labute approximate surface area is 170 Å². The highest BCUT2D eigenvalue weighted by Gasteiger charge is 2.16. The summed E-state index contributed by atoms with van der Waals surface area (Å²) in [5, 5.41) is 15.2. The third-order valence-electron chi connectivity index (χ3n) is 4.99. The van der Waals surface area contributed by atoms with Gasteiger partial charge in [-0.3, -0.25) is 9.59 Å². The topological polar surface area (TPSA) is 84.0 Å². The number of benzene rings is 1. The molecular weight excluding hydrogens is 372 g/mol. The number of aryl methyl sites for hydroxylation is 2. The highest BCUT2D eigenvalue weighted by Crippen LogP contribution is 2.18. The van der Waals surface area contributed by atoms with E-state index in [-0.39, 0.29) is 11.8 Å². The zero-order chi connectivity index (χ0) is 19.8. The number of hydrogen-bond acceptors (Lipinski definition) is 5. The Bertz CT molecular complexity index is 780. The Hall–Kier alpha value is -2.28. The van der Waals surface area contributed by atoms with Crippen LogP contribution in [-0.4, -0.2) is 28.1 Å². The van der Waals surface area contributed by atoms with Crippen molar-refractivity contribution in [2.45, 2.75) is 70.8 Å². The van der Waals surface area contributed by atoms with E-state index >= 15 is 0 Å². The second-order valence-electron chi connectivity index (χ2n) is 7.43. The molecule has 2 amide bonds. The normalized spacial score (nSPS) is 15.0. The zero-order valence-corrected chi connectivity index (χ0v) is 17.2. The maximum Gasteiger partial charge on any atom is 0.286 e. The molecule has 1 fully saturated rings. The van der Waals surface area contributed by atoms with Gasteiger partial charge in [0.2, 0.25) is 10.9 Å². The minimum absolute atomic E-state index is 0.119. The molecule has 1 heterocycles. The first kappa shape index (κ1) is 20.5. The van der Waals surface area contributed by atoms with Crippen LogP contribution in [0.5, 0.6) is 0 Å². The molecule has 6 nitrogen and oxygen atoms in total. The van der Waals surface area contributed by atoms with E-state index in [1.807, 2.05) is 31.2 Å². The molecule has 2 aromatic rings. The van der Waals surface area contributed by atoms with Crippen LogP contribution < -0.4 is 10.6 Å². The van der Waals surface area contributed by atoms with Crippen molar-refractivity contribution in [3.63, 3.8) is 0 Å². The van der Waals surface area contributed by atoms with Gasteiger partial charge >= 0.3 is 0 Å². The number of anilines is 1. The minimum Gasteiger partial charge on any atom is -0.353 e. The molecule has 1 aliphatic carbocycles. The third kappa shape index (κ3) is 6.41. The van der Waals surface area contributed by atoms with Crippen molar-refractivity contribution in [2.75, 3.05) is 5.32 Å². The lowest BCUT2D eigenvalue weighted by Gasteiger charge is -2.15. The fourth-order valence-electron chi connectivity index (χ4n) is 3.39.